The van der Waals surface area contributed by atoms with Crippen molar-refractivity contribution in [2.24, 2.45) is 5.10 Å². The molecule has 0 spiro atoms. The van der Waals surface area contributed by atoms with E-state index < -0.39 is 22.5 Å². The summed E-state index contributed by atoms with van der Waals surface area (Å²) >= 11 is 3.31. The number of benzene rings is 3. The van der Waals surface area contributed by atoms with Gasteiger partial charge in [-0.3, -0.25) is 9.10 Å². The lowest BCUT2D eigenvalue weighted by atomic mass is 10.2. The van der Waals surface area contributed by atoms with Crippen LogP contribution in [0.4, 0.5) is 5.69 Å². The summed E-state index contributed by atoms with van der Waals surface area (Å²) in [4.78, 5) is 12.7. The summed E-state index contributed by atoms with van der Waals surface area (Å²) in [6.45, 7) is 1.33. The highest BCUT2D eigenvalue weighted by Gasteiger charge is 2.28. The third-order valence-electron chi connectivity index (χ3n) is 4.91. The molecule has 0 heterocycles. The van der Waals surface area contributed by atoms with Gasteiger partial charge < -0.3 is 9.47 Å². The normalized spacial score (nSPS) is 11.1. The van der Waals surface area contributed by atoms with Crippen molar-refractivity contribution in [2.75, 3.05) is 24.6 Å². The van der Waals surface area contributed by atoms with E-state index in [0.717, 1.165) is 9.87 Å². The molecule has 0 aliphatic carbocycles. The number of anilines is 1. The smallest absolute Gasteiger partial charge is 0.264 e. The Hall–Kier alpha value is -3.88. The standard InChI is InChI=1S/C25H23BrN4O5S/c1-18-3-7-20(8-4-18)30(36(32,33)22-11-12-24(34-2)23(26)15-22)17-25(31)29-28-16-19-5-9-21(10-6-19)35-14-13-27/h3-12,15-16H,14,17H2,1-2H3,(H,29,31)/b28-16-. The average Bonchev–Trinajstić information content (AvgIpc) is 2.87. The van der Waals surface area contributed by atoms with Crippen LogP contribution in [0.3, 0.4) is 0 Å². The number of hydrazone groups is 1. The molecule has 3 aromatic rings. The molecule has 0 atom stereocenters. The van der Waals surface area contributed by atoms with Crippen LogP contribution in [0.5, 0.6) is 11.5 Å². The molecule has 0 aliphatic rings. The van der Waals surface area contributed by atoms with Crippen LogP contribution in [0.25, 0.3) is 0 Å². The average molecular weight is 571 g/mol. The van der Waals surface area contributed by atoms with Gasteiger partial charge in [-0.05, 0) is 83.0 Å². The van der Waals surface area contributed by atoms with E-state index >= 15 is 0 Å². The number of nitrogens with one attached hydrogen (secondary N) is 1. The first kappa shape index (κ1) is 26.7. The maximum Gasteiger partial charge on any atom is 0.264 e. The molecular weight excluding hydrogens is 548 g/mol. The van der Waals surface area contributed by atoms with Gasteiger partial charge in [-0.2, -0.15) is 10.4 Å². The lowest BCUT2D eigenvalue weighted by molar-refractivity contribution is -0.119. The Morgan fingerprint density at radius 3 is 2.44 bits per heavy atom. The van der Waals surface area contributed by atoms with Crippen molar-refractivity contribution >= 4 is 43.8 Å². The van der Waals surface area contributed by atoms with Crippen LogP contribution in [-0.2, 0) is 14.8 Å². The first-order chi connectivity index (χ1) is 17.2. The number of methoxy groups -OCH3 is 1. The number of carbonyl (C=O) groups excluding carboxylic acids is 1. The van der Waals surface area contributed by atoms with E-state index in [-0.39, 0.29) is 11.5 Å². The Labute approximate surface area is 218 Å². The summed E-state index contributed by atoms with van der Waals surface area (Å²) in [6, 6.07) is 19.8. The Bertz CT molecular complexity index is 1390. The quantitative estimate of drug-likeness (QED) is 0.290. The van der Waals surface area contributed by atoms with E-state index in [0.29, 0.717) is 27.2 Å². The maximum absolute atomic E-state index is 13.5. The van der Waals surface area contributed by atoms with E-state index in [4.69, 9.17) is 14.7 Å². The van der Waals surface area contributed by atoms with Gasteiger partial charge >= 0.3 is 0 Å². The highest BCUT2D eigenvalue weighted by atomic mass is 79.9. The summed E-state index contributed by atoms with van der Waals surface area (Å²) in [5.74, 6) is 0.381. The van der Waals surface area contributed by atoms with Crippen LogP contribution in [0.2, 0.25) is 0 Å². The molecule has 11 heteroatoms. The molecule has 0 radical (unpaired) electrons. The van der Waals surface area contributed by atoms with Crippen LogP contribution >= 0.6 is 15.9 Å². The first-order valence-electron chi connectivity index (χ1n) is 10.6. The second kappa shape index (κ2) is 12.2. The zero-order valence-electron chi connectivity index (χ0n) is 19.5. The number of nitriles is 1. The number of hydrogen-bond donors (Lipinski definition) is 1. The van der Waals surface area contributed by atoms with Crippen molar-refractivity contribution in [2.45, 2.75) is 11.8 Å². The van der Waals surface area contributed by atoms with Crippen molar-refractivity contribution in [3.8, 4) is 17.6 Å². The number of hydrogen-bond acceptors (Lipinski definition) is 7. The molecule has 0 unspecified atom stereocenters. The summed E-state index contributed by atoms with van der Waals surface area (Å²) in [6.07, 6.45) is 1.41. The van der Waals surface area contributed by atoms with E-state index in [9.17, 15) is 13.2 Å². The monoisotopic (exact) mass is 570 g/mol. The van der Waals surface area contributed by atoms with Gasteiger partial charge in [0, 0.05) is 0 Å². The van der Waals surface area contributed by atoms with Crippen molar-refractivity contribution in [1.29, 1.82) is 5.26 Å². The molecule has 0 fully saturated rings. The van der Waals surface area contributed by atoms with Gasteiger partial charge in [0.25, 0.3) is 15.9 Å². The molecule has 3 aromatic carbocycles. The first-order valence-corrected chi connectivity index (χ1v) is 12.8. The Kier molecular flexibility index (Phi) is 9.05. The minimum Gasteiger partial charge on any atom is -0.496 e. The van der Waals surface area contributed by atoms with E-state index in [1.54, 1.807) is 48.5 Å². The van der Waals surface area contributed by atoms with Gasteiger partial charge in [-0.1, -0.05) is 17.7 Å². The third-order valence-corrected chi connectivity index (χ3v) is 7.30. The zero-order chi connectivity index (χ0) is 26.1. The van der Waals surface area contributed by atoms with Gasteiger partial charge in [0.05, 0.1) is 28.4 Å². The topological polar surface area (TPSA) is 121 Å². The molecule has 1 amide bonds. The fourth-order valence-electron chi connectivity index (χ4n) is 3.07. The lowest BCUT2D eigenvalue weighted by Gasteiger charge is -2.24. The highest BCUT2D eigenvalue weighted by Crippen LogP contribution is 2.30. The van der Waals surface area contributed by atoms with E-state index in [2.05, 4.69) is 26.5 Å². The predicted octanol–water partition coefficient (Wildman–Crippen LogP) is 4.01. The van der Waals surface area contributed by atoms with Gasteiger partial charge in [0.2, 0.25) is 0 Å². The second-order valence-corrected chi connectivity index (χ2v) is 10.2. The Morgan fingerprint density at radius 2 is 1.83 bits per heavy atom. The van der Waals surface area contributed by atoms with Gasteiger partial charge in [0.1, 0.15) is 24.1 Å². The molecule has 0 bridgehead atoms. The largest absolute Gasteiger partial charge is 0.496 e. The molecule has 186 valence electrons. The third kappa shape index (κ3) is 6.84. The maximum atomic E-state index is 13.5. The number of amides is 1. The summed E-state index contributed by atoms with van der Waals surface area (Å²) in [7, 11) is -2.62. The van der Waals surface area contributed by atoms with Crippen LogP contribution in [0.15, 0.2) is 81.2 Å². The number of nitrogens with zero attached hydrogens (tertiary/aromatic N) is 3. The van der Waals surface area contributed by atoms with Crippen molar-refractivity contribution < 1.29 is 22.7 Å². The SMILES string of the molecule is COc1ccc(S(=O)(=O)N(CC(=O)N/N=C\c2ccc(OCC#N)cc2)c2ccc(C)cc2)cc1Br. The molecule has 0 saturated heterocycles. The van der Waals surface area contributed by atoms with Crippen LogP contribution in [0.1, 0.15) is 11.1 Å². The zero-order valence-corrected chi connectivity index (χ0v) is 21.9. The number of rotatable bonds is 10. The number of halogens is 1. The van der Waals surface area contributed by atoms with Crippen LogP contribution in [0, 0.1) is 18.3 Å². The molecule has 0 aromatic heterocycles. The van der Waals surface area contributed by atoms with Crippen molar-refractivity contribution in [3.63, 3.8) is 0 Å². The fraction of sp³-hybridized carbons (Fsp3) is 0.160. The number of aryl methyl sites for hydroxylation is 1. The molecular formula is C25H23BrN4O5S. The highest BCUT2D eigenvalue weighted by molar-refractivity contribution is 9.10. The molecule has 1 N–H and O–H groups in total. The van der Waals surface area contributed by atoms with Gasteiger partial charge in [0.15, 0.2) is 6.61 Å². The van der Waals surface area contributed by atoms with Gasteiger partial charge in [-0.25, -0.2) is 13.8 Å². The summed E-state index contributed by atoms with van der Waals surface area (Å²) in [5, 5.41) is 12.5. The van der Waals surface area contributed by atoms with Crippen molar-refractivity contribution in [3.05, 3.63) is 82.3 Å². The van der Waals surface area contributed by atoms with E-state index in [1.165, 1.54) is 31.5 Å². The van der Waals surface area contributed by atoms with E-state index in [1.807, 2.05) is 13.0 Å². The Morgan fingerprint density at radius 1 is 1.14 bits per heavy atom. The summed E-state index contributed by atoms with van der Waals surface area (Å²) in [5.41, 5.74) is 4.32. The molecule has 0 aliphatic heterocycles. The number of carbonyl (C=O) groups is 1. The summed E-state index contributed by atoms with van der Waals surface area (Å²) < 4.78 is 38.9. The number of ether oxygens (including phenoxy) is 2. The minimum atomic E-state index is -4.10. The Balaban J connectivity index is 1.79. The van der Waals surface area contributed by atoms with Crippen molar-refractivity contribution in [1.82, 2.24) is 5.43 Å². The second-order valence-electron chi connectivity index (χ2n) is 7.45. The predicted molar refractivity (Wildman–Crippen MR) is 140 cm³/mol. The minimum absolute atomic E-state index is 0.00856. The van der Waals surface area contributed by atoms with Crippen LogP contribution in [-0.4, -0.2) is 40.8 Å². The molecule has 0 saturated carbocycles. The van der Waals surface area contributed by atoms with Gasteiger partial charge in [-0.15, -0.1) is 0 Å². The lowest BCUT2D eigenvalue weighted by Crippen LogP contribution is -2.39. The fourth-order valence-corrected chi connectivity index (χ4v) is 5.21. The van der Waals surface area contributed by atoms with Crippen LogP contribution < -0.4 is 19.2 Å². The molecule has 3 rings (SSSR count). The number of sulfonamides is 1. The molecule has 36 heavy (non-hydrogen) atoms. The molecule has 9 nitrogen and oxygen atoms in total.